The Morgan fingerprint density at radius 3 is 2.52 bits per heavy atom. The summed E-state index contributed by atoms with van der Waals surface area (Å²) in [5.74, 6) is 1.41. The number of ether oxygens (including phenoxy) is 2. The van der Waals surface area contributed by atoms with Gasteiger partial charge < -0.3 is 14.8 Å². The van der Waals surface area contributed by atoms with Gasteiger partial charge in [-0.25, -0.2) is 0 Å². The Balaban J connectivity index is 1.63. The third-order valence-electron chi connectivity index (χ3n) is 4.85. The van der Waals surface area contributed by atoms with E-state index in [9.17, 15) is 4.79 Å². The third-order valence-corrected chi connectivity index (χ3v) is 5.52. The summed E-state index contributed by atoms with van der Waals surface area (Å²) in [6.45, 7) is 1.29. The topological polar surface area (TPSA) is 47.6 Å². The number of halogens is 1. The number of hydrogen-bond donors (Lipinski definition) is 1. The van der Waals surface area contributed by atoms with Gasteiger partial charge >= 0.3 is 0 Å². The molecule has 0 fully saturated rings. The van der Waals surface area contributed by atoms with E-state index < -0.39 is 0 Å². The van der Waals surface area contributed by atoms with Gasteiger partial charge in [0.15, 0.2) is 11.5 Å². The van der Waals surface area contributed by atoms with Crippen LogP contribution in [0.25, 0.3) is 0 Å². The zero-order valence-corrected chi connectivity index (χ0v) is 18.1. The summed E-state index contributed by atoms with van der Waals surface area (Å²) in [5.41, 5.74) is 2.81. The molecule has 3 aromatic carbocycles. The summed E-state index contributed by atoms with van der Waals surface area (Å²) in [4.78, 5) is 12.9. The Kier molecular flexibility index (Phi) is 6.34. The molecular weight excluding hydrogens is 477 g/mol. The molecule has 3 aromatic rings. The van der Waals surface area contributed by atoms with Gasteiger partial charge in [-0.3, -0.25) is 4.79 Å². The molecule has 0 unspecified atom stereocenters. The zero-order chi connectivity index (χ0) is 20.1. The van der Waals surface area contributed by atoms with Crippen LogP contribution in [0.3, 0.4) is 0 Å². The van der Waals surface area contributed by atoms with Crippen LogP contribution < -0.4 is 14.8 Å². The van der Waals surface area contributed by atoms with E-state index in [4.69, 9.17) is 9.47 Å². The fraction of sp³-hybridized carbons (Fsp3) is 0.208. The molecule has 0 bridgehead atoms. The van der Waals surface area contributed by atoms with Crippen molar-refractivity contribution in [3.05, 3.63) is 93.1 Å². The smallest absolute Gasteiger partial charge is 0.251 e. The highest BCUT2D eigenvalue weighted by atomic mass is 127. The summed E-state index contributed by atoms with van der Waals surface area (Å²) < 4.78 is 12.6. The Morgan fingerprint density at radius 1 is 0.931 bits per heavy atom. The van der Waals surface area contributed by atoms with Crippen molar-refractivity contribution in [2.45, 2.75) is 18.9 Å². The van der Waals surface area contributed by atoms with E-state index in [0.29, 0.717) is 25.2 Å². The van der Waals surface area contributed by atoms with Crippen molar-refractivity contribution in [1.82, 2.24) is 5.32 Å². The summed E-state index contributed by atoms with van der Waals surface area (Å²) in [5, 5.41) is 3.21. The van der Waals surface area contributed by atoms with E-state index in [1.54, 1.807) is 0 Å². The van der Waals surface area contributed by atoms with Crippen LogP contribution in [0, 0.1) is 3.57 Å². The predicted octanol–water partition coefficient (Wildman–Crippen LogP) is 5.17. The summed E-state index contributed by atoms with van der Waals surface area (Å²) >= 11 is 2.22. The van der Waals surface area contributed by atoms with Gasteiger partial charge in [-0.2, -0.15) is 0 Å². The van der Waals surface area contributed by atoms with Gasteiger partial charge in [0.25, 0.3) is 5.91 Å². The lowest BCUT2D eigenvalue weighted by atomic mass is 9.98. The van der Waals surface area contributed by atoms with Gasteiger partial charge in [0.2, 0.25) is 0 Å². The first kappa shape index (κ1) is 19.8. The third kappa shape index (κ3) is 5.09. The van der Waals surface area contributed by atoms with Crippen molar-refractivity contribution in [1.29, 1.82) is 0 Å². The lowest BCUT2D eigenvalue weighted by Crippen LogP contribution is -2.30. The van der Waals surface area contributed by atoms with Crippen LogP contribution in [0.15, 0.2) is 72.8 Å². The Labute approximate surface area is 184 Å². The fourth-order valence-electron chi connectivity index (χ4n) is 3.37. The quantitative estimate of drug-likeness (QED) is 0.493. The SMILES string of the molecule is O=C(N[C@@H](Cc1ccccc1)c1ccc2c(c1)OCCCO2)c1cccc(I)c1. The largest absolute Gasteiger partial charge is 0.490 e. The molecule has 0 aliphatic carbocycles. The van der Waals surface area contributed by atoms with Gasteiger partial charge in [-0.1, -0.05) is 42.5 Å². The molecule has 0 spiro atoms. The molecule has 148 valence electrons. The number of benzene rings is 3. The summed E-state index contributed by atoms with van der Waals surface area (Å²) in [6.07, 6.45) is 1.55. The van der Waals surface area contributed by atoms with Crippen molar-refractivity contribution in [3.8, 4) is 11.5 Å². The van der Waals surface area contributed by atoms with Gasteiger partial charge in [-0.05, 0) is 70.5 Å². The van der Waals surface area contributed by atoms with E-state index in [2.05, 4.69) is 40.0 Å². The monoisotopic (exact) mass is 499 g/mol. The summed E-state index contributed by atoms with van der Waals surface area (Å²) in [7, 11) is 0. The molecule has 0 saturated heterocycles. The van der Waals surface area contributed by atoms with Crippen molar-refractivity contribution < 1.29 is 14.3 Å². The molecule has 0 radical (unpaired) electrons. The standard InChI is InChI=1S/C24H22INO3/c25-20-9-4-8-19(15-20)24(27)26-21(14-17-6-2-1-3-7-17)18-10-11-22-23(16-18)29-13-5-12-28-22/h1-4,6-11,15-16,21H,5,12-14H2,(H,26,27)/t21-/m0/s1. The number of carbonyl (C=O) groups is 1. The first-order chi connectivity index (χ1) is 14.2. The average molecular weight is 499 g/mol. The normalized spacial score (nSPS) is 14.0. The van der Waals surface area contributed by atoms with Crippen LogP contribution in [-0.4, -0.2) is 19.1 Å². The van der Waals surface area contributed by atoms with Crippen LogP contribution >= 0.6 is 22.6 Å². The number of fused-ring (bicyclic) bond motifs is 1. The van der Waals surface area contributed by atoms with Gasteiger partial charge in [0.1, 0.15) is 0 Å². The highest BCUT2D eigenvalue weighted by Gasteiger charge is 2.20. The van der Waals surface area contributed by atoms with Crippen molar-refractivity contribution in [2.75, 3.05) is 13.2 Å². The lowest BCUT2D eigenvalue weighted by molar-refractivity contribution is 0.0936. The molecule has 4 nitrogen and oxygen atoms in total. The number of carbonyl (C=O) groups excluding carboxylic acids is 1. The molecule has 1 aliphatic rings. The molecule has 1 amide bonds. The maximum absolute atomic E-state index is 12.9. The van der Waals surface area contributed by atoms with Crippen LogP contribution in [0.2, 0.25) is 0 Å². The van der Waals surface area contributed by atoms with Gasteiger partial charge in [-0.15, -0.1) is 0 Å². The Morgan fingerprint density at radius 2 is 1.72 bits per heavy atom. The van der Waals surface area contributed by atoms with Crippen LogP contribution in [0.5, 0.6) is 11.5 Å². The number of rotatable bonds is 5. The van der Waals surface area contributed by atoms with E-state index in [1.165, 1.54) is 0 Å². The summed E-state index contributed by atoms with van der Waals surface area (Å²) in [6, 6.07) is 23.5. The Hall–Kier alpha value is -2.54. The first-order valence-corrected chi connectivity index (χ1v) is 10.8. The average Bonchev–Trinajstić information content (AvgIpc) is 2.99. The van der Waals surface area contributed by atoms with Crippen LogP contribution in [-0.2, 0) is 6.42 Å². The lowest BCUT2D eigenvalue weighted by Gasteiger charge is -2.21. The second kappa shape index (κ2) is 9.31. The van der Waals surface area contributed by atoms with E-state index in [1.807, 2.05) is 60.7 Å². The predicted molar refractivity (Wildman–Crippen MR) is 122 cm³/mol. The van der Waals surface area contributed by atoms with Crippen molar-refractivity contribution in [2.24, 2.45) is 0 Å². The Bertz CT molecular complexity index is 990. The minimum absolute atomic E-state index is 0.0865. The molecule has 1 atom stereocenters. The molecule has 0 aromatic heterocycles. The maximum Gasteiger partial charge on any atom is 0.251 e. The molecule has 1 aliphatic heterocycles. The van der Waals surface area contributed by atoms with Crippen LogP contribution in [0.4, 0.5) is 0 Å². The molecular formula is C24H22INO3. The first-order valence-electron chi connectivity index (χ1n) is 9.69. The minimum Gasteiger partial charge on any atom is -0.490 e. The van der Waals surface area contributed by atoms with Crippen LogP contribution in [0.1, 0.15) is 33.9 Å². The fourth-order valence-corrected chi connectivity index (χ4v) is 3.91. The van der Waals surface area contributed by atoms with Crippen molar-refractivity contribution in [3.63, 3.8) is 0 Å². The highest BCUT2D eigenvalue weighted by molar-refractivity contribution is 14.1. The maximum atomic E-state index is 12.9. The number of nitrogens with one attached hydrogen (secondary N) is 1. The molecule has 0 saturated carbocycles. The number of hydrogen-bond acceptors (Lipinski definition) is 3. The zero-order valence-electron chi connectivity index (χ0n) is 15.9. The second-order valence-electron chi connectivity index (χ2n) is 6.98. The highest BCUT2D eigenvalue weighted by Crippen LogP contribution is 2.33. The molecule has 29 heavy (non-hydrogen) atoms. The number of amides is 1. The van der Waals surface area contributed by atoms with Crippen molar-refractivity contribution >= 4 is 28.5 Å². The van der Waals surface area contributed by atoms with Gasteiger partial charge in [0.05, 0.1) is 19.3 Å². The molecule has 4 rings (SSSR count). The van der Waals surface area contributed by atoms with Gasteiger partial charge in [0, 0.05) is 15.6 Å². The van der Waals surface area contributed by atoms with E-state index in [-0.39, 0.29) is 11.9 Å². The molecule has 1 heterocycles. The second-order valence-corrected chi connectivity index (χ2v) is 8.23. The molecule has 1 N–H and O–H groups in total. The molecule has 5 heteroatoms. The van der Waals surface area contributed by atoms with E-state index >= 15 is 0 Å². The van der Waals surface area contributed by atoms with E-state index in [0.717, 1.165) is 32.6 Å². The minimum atomic E-state index is -0.181.